The molecule has 0 unspecified atom stereocenters. The number of carbonyl (C=O) groups excluding carboxylic acids is 1. The van der Waals surface area contributed by atoms with E-state index >= 15 is 0 Å². The maximum atomic E-state index is 13.5. The molecule has 1 aliphatic rings. The Morgan fingerprint density at radius 2 is 1.56 bits per heavy atom. The monoisotopic (exact) mass is 480 g/mol. The molecule has 1 saturated heterocycles. The lowest BCUT2D eigenvalue weighted by molar-refractivity contribution is -0.120. The molecule has 7 nitrogen and oxygen atoms in total. The van der Waals surface area contributed by atoms with Gasteiger partial charge in [-0.2, -0.15) is 9.40 Å². The molecule has 1 fully saturated rings. The van der Waals surface area contributed by atoms with Gasteiger partial charge in [-0.05, 0) is 70.7 Å². The molecule has 1 amide bonds. The van der Waals surface area contributed by atoms with Crippen LogP contribution < -0.4 is 5.32 Å². The smallest absolute Gasteiger partial charge is 0.246 e. The van der Waals surface area contributed by atoms with Crippen LogP contribution in [0, 0.1) is 40.5 Å². The molecule has 4 rings (SSSR count). The molecule has 1 aromatic heterocycles. The van der Waals surface area contributed by atoms with Crippen LogP contribution in [0.4, 0.5) is 5.69 Å². The maximum Gasteiger partial charge on any atom is 0.246 e. The summed E-state index contributed by atoms with van der Waals surface area (Å²) >= 11 is 0. The Hall–Kier alpha value is -2.97. The van der Waals surface area contributed by atoms with Gasteiger partial charge in [-0.3, -0.25) is 4.79 Å². The molecule has 1 aliphatic heterocycles. The summed E-state index contributed by atoms with van der Waals surface area (Å²) in [6.45, 7) is 10.1. The molecule has 34 heavy (non-hydrogen) atoms. The predicted octanol–water partition coefficient (Wildman–Crippen LogP) is 4.45. The van der Waals surface area contributed by atoms with Crippen molar-refractivity contribution in [2.75, 3.05) is 18.4 Å². The quantitative estimate of drug-likeness (QED) is 0.585. The van der Waals surface area contributed by atoms with E-state index in [1.165, 1.54) is 4.31 Å². The zero-order chi connectivity index (χ0) is 24.6. The second-order valence-electron chi connectivity index (χ2n) is 9.19. The third-order valence-corrected chi connectivity index (χ3v) is 8.73. The summed E-state index contributed by atoms with van der Waals surface area (Å²) in [5.41, 5.74) is 5.97. The van der Waals surface area contributed by atoms with E-state index in [2.05, 4.69) is 22.5 Å². The number of hydrogen-bond donors (Lipinski definition) is 1. The highest BCUT2D eigenvalue weighted by Crippen LogP contribution is 2.30. The van der Waals surface area contributed by atoms with Crippen LogP contribution in [0.25, 0.3) is 5.69 Å². The first-order valence-corrected chi connectivity index (χ1v) is 13.0. The van der Waals surface area contributed by atoms with Gasteiger partial charge in [0, 0.05) is 24.7 Å². The lowest BCUT2D eigenvalue weighted by Crippen LogP contribution is -2.41. The molecular formula is C26H32N4O3S. The van der Waals surface area contributed by atoms with Crippen molar-refractivity contribution in [2.24, 2.45) is 5.92 Å². The van der Waals surface area contributed by atoms with Gasteiger partial charge >= 0.3 is 0 Å². The Morgan fingerprint density at radius 3 is 2.15 bits per heavy atom. The number of sulfonamides is 1. The summed E-state index contributed by atoms with van der Waals surface area (Å²) in [5.74, 6) is -0.267. The highest BCUT2D eigenvalue weighted by Gasteiger charge is 2.35. The van der Waals surface area contributed by atoms with Crippen LogP contribution in [0.5, 0.6) is 0 Å². The second kappa shape index (κ2) is 9.35. The van der Waals surface area contributed by atoms with Crippen molar-refractivity contribution < 1.29 is 13.2 Å². The SMILES string of the molecule is Cc1cc(C)c(NC(=O)C2CCN(S(=O)(=O)c3c(C)nn(-c4ccccc4)c3C)CC2)c(C)c1. The fourth-order valence-electron chi connectivity index (χ4n) is 4.91. The number of nitrogens with one attached hydrogen (secondary N) is 1. The summed E-state index contributed by atoms with van der Waals surface area (Å²) in [4.78, 5) is 13.2. The summed E-state index contributed by atoms with van der Waals surface area (Å²) in [6, 6.07) is 13.6. The van der Waals surface area contributed by atoms with Crippen molar-refractivity contribution in [1.82, 2.24) is 14.1 Å². The van der Waals surface area contributed by atoms with E-state index < -0.39 is 10.0 Å². The third-order valence-electron chi connectivity index (χ3n) is 6.57. The Bertz CT molecular complexity index is 1300. The molecule has 0 saturated carbocycles. The summed E-state index contributed by atoms with van der Waals surface area (Å²) in [7, 11) is -3.72. The number of para-hydroxylation sites is 1. The van der Waals surface area contributed by atoms with E-state index in [9.17, 15) is 13.2 Å². The Morgan fingerprint density at radius 1 is 0.971 bits per heavy atom. The molecular weight excluding hydrogens is 448 g/mol. The minimum atomic E-state index is -3.72. The number of aryl methyl sites for hydroxylation is 4. The predicted molar refractivity (Wildman–Crippen MR) is 134 cm³/mol. The van der Waals surface area contributed by atoms with Crippen LogP contribution in [0.15, 0.2) is 47.4 Å². The fourth-order valence-corrected chi connectivity index (χ4v) is 6.74. The van der Waals surface area contributed by atoms with Gasteiger partial charge in [-0.15, -0.1) is 0 Å². The summed E-state index contributed by atoms with van der Waals surface area (Å²) in [5, 5.41) is 7.58. The number of piperidine rings is 1. The average Bonchev–Trinajstić information content (AvgIpc) is 3.11. The zero-order valence-corrected chi connectivity index (χ0v) is 21.2. The van der Waals surface area contributed by atoms with Gasteiger partial charge in [0.1, 0.15) is 4.90 Å². The molecule has 1 N–H and O–H groups in total. The summed E-state index contributed by atoms with van der Waals surface area (Å²) in [6.07, 6.45) is 0.972. The highest BCUT2D eigenvalue weighted by molar-refractivity contribution is 7.89. The average molecular weight is 481 g/mol. The fraction of sp³-hybridized carbons (Fsp3) is 0.385. The first kappa shape index (κ1) is 24.2. The van der Waals surface area contributed by atoms with Gasteiger partial charge in [0.25, 0.3) is 0 Å². The number of rotatable bonds is 5. The number of anilines is 1. The van der Waals surface area contributed by atoms with E-state index in [-0.39, 0.29) is 16.7 Å². The molecule has 0 spiro atoms. The van der Waals surface area contributed by atoms with Gasteiger partial charge in [-0.25, -0.2) is 13.1 Å². The molecule has 3 aromatic rings. The number of carbonyl (C=O) groups is 1. The van der Waals surface area contributed by atoms with Gasteiger partial charge in [0.2, 0.25) is 15.9 Å². The van der Waals surface area contributed by atoms with Gasteiger partial charge < -0.3 is 5.32 Å². The number of hydrogen-bond acceptors (Lipinski definition) is 4. The molecule has 180 valence electrons. The van der Waals surface area contributed by atoms with Crippen LogP contribution in [-0.4, -0.2) is 41.5 Å². The Kier molecular flexibility index (Phi) is 6.64. The van der Waals surface area contributed by atoms with E-state index in [1.807, 2.05) is 51.1 Å². The standard InChI is InChI=1S/C26H32N4O3S/c1-17-15-18(2)24(19(3)16-17)27-26(31)22-11-13-29(14-12-22)34(32,33)25-20(4)28-30(21(25)5)23-9-7-6-8-10-23/h6-10,15-16,22H,11-14H2,1-5H3,(H,27,31). The van der Waals surface area contributed by atoms with Crippen LogP contribution in [0.1, 0.15) is 40.9 Å². The van der Waals surface area contributed by atoms with E-state index in [4.69, 9.17) is 0 Å². The second-order valence-corrected chi connectivity index (χ2v) is 11.1. The Labute approximate surface area is 201 Å². The number of aromatic nitrogens is 2. The lowest BCUT2D eigenvalue weighted by atomic mass is 9.96. The molecule has 0 radical (unpaired) electrons. The largest absolute Gasteiger partial charge is 0.325 e. The normalized spacial score (nSPS) is 15.4. The van der Waals surface area contributed by atoms with Gasteiger partial charge in [0.05, 0.1) is 17.1 Å². The summed E-state index contributed by atoms with van der Waals surface area (Å²) < 4.78 is 30.2. The molecule has 0 aliphatic carbocycles. The maximum absolute atomic E-state index is 13.5. The van der Waals surface area contributed by atoms with Crippen molar-refractivity contribution in [3.8, 4) is 5.69 Å². The van der Waals surface area contributed by atoms with Crippen molar-refractivity contribution in [2.45, 2.75) is 52.4 Å². The topological polar surface area (TPSA) is 84.3 Å². The van der Waals surface area contributed by atoms with Crippen molar-refractivity contribution in [1.29, 1.82) is 0 Å². The minimum Gasteiger partial charge on any atom is -0.325 e. The van der Waals surface area contributed by atoms with Crippen LogP contribution in [0.3, 0.4) is 0 Å². The first-order valence-electron chi connectivity index (χ1n) is 11.6. The number of amides is 1. The van der Waals surface area contributed by atoms with Crippen LogP contribution in [-0.2, 0) is 14.8 Å². The molecule has 2 heterocycles. The number of nitrogens with zero attached hydrogens (tertiary/aromatic N) is 3. The molecule has 0 bridgehead atoms. The highest BCUT2D eigenvalue weighted by atomic mass is 32.2. The number of benzene rings is 2. The lowest BCUT2D eigenvalue weighted by Gasteiger charge is -2.31. The molecule has 0 atom stereocenters. The molecule has 2 aromatic carbocycles. The molecule has 8 heteroatoms. The van der Waals surface area contributed by atoms with Crippen molar-refractivity contribution in [3.05, 3.63) is 70.5 Å². The van der Waals surface area contributed by atoms with Crippen LogP contribution in [0.2, 0.25) is 0 Å². The Balaban J connectivity index is 1.48. The first-order chi connectivity index (χ1) is 16.1. The van der Waals surface area contributed by atoms with E-state index in [0.717, 1.165) is 28.1 Å². The van der Waals surface area contributed by atoms with Crippen LogP contribution >= 0.6 is 0 Å². The van der Waals surface area contributed by atoms with Gasteiger partial charge in [0.15, 0.2) is 0 Å². The van der Waals surface area contributed by atoms with Crippen molar-refractivity contribution in [3.63, 3.8) is 0 Å². The third kappa shape index (κ3) is 4.52. The van der Waals surface area contributed by atoms with E-state index in [0.29, 0.717) is 37.3 Å². The minimum absolute atomic E-state index is 0.0450. The van der Waals surface area contributed by atoms with Gasteiger partial charge in [-0.1, -0.05) is 35.9 Å². The zero-order valence-electron chi connectivity index (χ0n) is 20.4. The van der Waals surface area contributed by atoms with Crippen molar-refractivity contribution >= 4 is 21.6 Å². The van der Waals surface area contributed by atoms with E-state index in [1.54, 1.807) is 18.5 Å².